The maximum absolute atomic E-state index is 12.6. The van der Waals surface area contributed by atoms with Crippen molar-refractivity contribution in [3.8, 4) is 0 Å². The molecule has 1 unspecified atom stereocenters. The van der Waals surface area contributed by atoms with Crippen molar-refractivity contribution in [2.24, 2.45) is 5.92 Å². The molecule has 1 aliphatic heterocycles. The molecular weight excluding hydrogens is 322 g/mol. The van der Waals surface area contributed by atoms with Gasteiger partial charge < -0.3 is 10.2 Å². The summed E-state index contributed by atoms with van der Waals surface area (Å²) >= 11 is 1.42. The van der Waals surface area contributed by atoms with E-state index in [1.54, 1.807) is 4.90 Å². The smallest absolute Gasteiger partial charge is 0.253 e. The highest BCUT2D eigenvalue weighted by atomic mass is 32.1. The number of thiazole rings is 1. The number of aromatic nitrogens is 1. The van der Waals surface area contributed by atoms with Gasteiger partial charge in [0.2, 0.25) is 5.91 Å². The highest BCUT2D eigenvalue weighted by Gasteiger charge is 2.29. The summed E-state index contributed by atoms with van der Waals surface area (Å²) in [5.41, 5.74) is 2.70. The highest BCUT2D eigenvalue weighted by molar-refractivity contribution is 7.13. The standard InChI is InChI=1S/C18H21N3O2S/c1-12-5-7-14(8-6-12)17(23)21-9-3-4-15(10-21)16(22)20-18-19-13(2)11-24-18/h5-8,11,15H,3-4,9-10H2,1-2H3,(H,19,20,22). The van der Waals surface area contributed by atoms with Gasteiger partial charge in [0.25, 0.3) is 5.91 Å². The molecule has 1 aromatic heterocycles. The Morgan fingerprint density at radius 1 is 1.25 bits per heavy atom. The molecule has 5 nitrogen and oxygen atoms in total. The number of anilines is 1. The summed E-state index contributed by atoms with van der Waals surface area (Å²) in [4.78, 5) is 31.1. The second kappa shape index (κ2) is 7.13. The third-order valence-electron chi connectivity index (χ3n) is 4.23. The number of amides is 2. The lowest BCUT2D eigenvalue weighted by molar-refractivity contribution is -0.121. The summed E-state index contributed by atoms with van der Waals surface area (Å²) in [6.45, 7) is 5.06. The van der Waals surface area contributed by atoms with Crippen LogP contribution in [0.2, 0.25) is 0 Å². The van der Waals surface area contributed by atoms with Crippen molar-refractivity contribution in [2.75, 3.05) is 18.4 Å². The first-order chi connectivity index (χ1) is 11.5. The maximum atomic E-state index is 12.6. The fourth-order valence-corrected chi connectivity index (χ4v) is 3.56. The number of carbonyl (C=O) groups is 2. The van der Waals surface area contributed by atoms with Crippen LogP contribution in [-0.4, -0.2) is 34.8 Å². The van der Waals surface area contributed by atoms with E-state index in [4.69, 9.17) is 0 Å². The fourth-order valence-electron chi connectivity index (χ4n) is 2.87. The molecule has 126 valence electrons. The molecule has 0 spiro atoms. The summed E-state index contributed by atoms with van der Waals surface area (Å²) in [6, 6.07) is 7.57. The van der Waals surface area contributed by atoms with Gasteiger partial charge in [-0.25, -0.2) is 4.98 Å². The van der Waals surface area contributed by atoms with E-state index in [1.807, 2.05) is 43.5 Å². The number of carbonyl (C=O) groups excluding carboxylic acids is 2. The molecule has 3 rings (SSSR count). The van der Waals surface area contributed by atoms with Gasteiger partial charge in [-0.1, -0.05) is 17.7 Å². The molecule has 24 heavy (non-hydrogen) atoms. The largest absolute Gasteiger partial charge is 0.338 e. The van der Waals surface area contributed by atoms with E-state index >= 15 is 0 Å². The van der Waals surface area contributed by atoms with Gasteiger partial charge in [0.15, 0.2) is 5.13 Å². The van der Waals surface area contributed by atoms with Crippen molar-refractivity contribution in [3.63, 3.8) is 0 Å². The van der Waals surface area contributed by atoms with E-state index in [9.17, 15) is 9.59 Å². The normalized spacial score (nSPS) is 17.6. The third-order valence-corrected chi connectivity index (χ3v) is 5.10. The molecule has 0 bridgehead atoms. The number of rotatable bonds is 3. The van der Waals surface area contributed by atoms with Crippen LogP contribution in [0.3, 0.4) is 0 Å². The van der Waals surface area contributed by atoms with E-state index in [1.165, 1.54) is 11.3 Å². The Balaban J connectivity index is 1.64. The Hall–Kier alpha value is -2.21. The number of piperidine rings is 1. The second-order valence-electron chi connectivity index (χ2n) is 6.24. The van der Waals surface area contributed by atoms with E-state index < -0.39 is 0 Å². The number of aryl methyl sites for hydroxylation is 2. The van der Waals surface area contributed by atoms with Crippen LogP contribution in [0.4, 0.5) is 5.13 Å². The summed E-state index contributed by atoms with van der Waals surface area (Å²) in [6.07, 6.45) is 1.64. The van der Waals surface area contributed by atoms with E-state index in [0.29, 0.717) is 23.8 Å². The lowest BCUT2D eigenvalue weighted by atomic mass is 9.96. The summed E-state index contributed by atoms with van der Waals surface area (Å²) in [5.74, 6) is -0.235. The number of likely N-dealkylation sites (tertiary alicyclic amines) is 1. The molecule has 1 fully saturated rings. The van der Waals surface area contributed by atoms with Crippen LogP contribution in [-0.2, 0) is 4.79 Å². The van der Waals surface area contributed by atoms with Crippen LogP contribution in [0.1, 0.15) is 34.5 Å². The summed E-state index contributed by atoms with van der Waals surface area (Å²) in [7, 11) is 0. The van der Waals surface area contributed by atoms with Crippen LogP contribution < -0.4 is 5.32 Å². The van der Waals surface area contributed by atoms with E-state index in [0.717, 1.165) is 24.1 Å². The molecule has 1 atom stereocenters. The lowest BCUT2D eigenvalue weighted by Crippen LogP contribution is -2.43. The molecule has 2 amide bonds. The van der Waals surface area contributed by atoms with Gasteiger partial charge >= 0.3 is 0 Å². The molecule has 0 radical (unpaired) electrons. The molecule has 1 N–H and O–H groups in total. The highest BCUT2D eigenvalue weighted by Crippen LogP contribution is 2.22. The Bertz CT molecular complexity index is 739. The van der Waals surface area contributed by atoms with Gasteiger partial charge in [-0.05, 0) is 38.8 Å². The van der Waals surface area contributed by atoms with Crippen molar-refractivity contribution in [1.82, 2.24) is 9.88 Å². The van der Waals surface area contributed by atoms with Gasteiger partial charge in [-0.2, -0.15) is 0 Å². The molecule has 1 aliphatic rings. The van der Waals surface area contributed by atoms with E-state index in [2.05, 4.69) is 10.3 Å². The van der Waals surface area contributed by atoms with Gasteiger partial charge in [-0.15, -0.1) is 11.3 Å². The van der Waals surface area contributed by atoms with Crippen LogP contribution in [0.15, 0.2) is 29.6 Å². The Morgan fingerprint density at radius 2 is 2.00 bits per heavy atom. The van der Waals surface area contributed by atoms with Gasteiger partial charge in [0.1, 0.15) is 0 Å². The fraction of sp³-hybridized carbons (Fsp3) is 0.389. The van der Waals surface area contributed by atoms with Crippen molar-refractivity contribution in [1.29, 1.82) is 0 Å². The number of hydrogen-bond donors (Lipinski definition) is 1. The second-order valence-corrected chi connectivity index (χ2v) is 7.10. The van der Waals surface area contributed by atoms with Gasteiger partial charge in [0.05, 0.1) is 11.6 Å². The molecule has 1 aromatic carbocycles. The lowest BCUT2D eigenvalue weighted by Gasteiger charge is -2.32. The van der Waals surface area contributed by atoms with E-state index in [-0.39, 0.29) is 17.7 Å². The average Bonchev–Trinajstić information content (AvgIpc) is 3.00. The van der Waals surface area contributed by atoms with Crippen LogP contribution >= 0.6 is 11.3 Å². The van der Waals surface area contributed by atoms with Crippen LogP contribution in [0.5, 0.6) is 0 Å². The third kappa shape index (κ3) is 3.82. The summed E-state index contributed by atoms with van der Waals surface area (Å²) in [5, 5.41) is 5.40. The quantitative estimate of drug-likeness (QED) is 0.930. The number of hydrogen-bond acceptors (Lipinski definition) is 4. The van der Waals surface area contributed by atoms with Crippen molar-refractivity contribution in [2.45, 2.75) is 26.7 Å². The minimum absolute atomic E-state index is 0.00223. The molecular formula is C18H21N3O2S. The molecule has 0 saturated carbocycles. The molecule has 6 heteroatoms. The summed E-state index contributed by atoms with van der Waals surface area (Å²) < 4.78 is 0. The monoisotopic (exact) mass is 343 g/mol. The maximum Gasteiger partial charge on any atom is 0.253 e. The Morgan fingerprint density at radius 3 is 2.67 bits per heavy atom. The average molecular weight is 343 g/mol. The molecule has 1 saturated heterocycles. The predicted octanol–water partition coefficient (Wildman–Crippen LogP) is 3.25. The van der Waals surface area contributed by atoms with Crippen molar-refractivity contribution >= 4 is 28.3 Å². The minimum Gasteiger partial charge on any atom is -0.338 e. The first-order valence-corrected chi connectivity index (χ1v) is 9.00. The van der Waals surface area contributed by atoms with Gasteiger partial charge in [0, 0.05) is 24.0 Å². The molecule has 2 heterocycles. The first-order valence-electron chi connectivity index (χ1n) is 8.12. The minimum atomic E-state index is -0.183. The van der Waals surface area contributed by atoms with Crippen molar-refractivity contribution in [3.05, 3.63) is 46.5 Å². The zero-order chi connectivity index (χ0) is 17.1. The Kier molecular flexibility index (Phi) is 4.94. The molecule has 2 aromatic rings. The first kappa shape index (κ1) is 16.6. The SMILES string of the molecule is Cc1ccc(C(=O)N2CCCC(C(=O)Nc3nc(C)cs3)C2)cc1. The zero-order valence-corrected chi connectivity index (χ0v) is 14.7. The number of nitrogens with zero attached hydrogens (tertiary/aromatic N) is 2. The number of benzene rings is 1. The molecule has 0 aliphatic carbocycles. The van der Waals surface area contributed by atoms with Crippen LogP contribution in [0, 0.1) is 19.8 Å². The van der Waals surface area contributed by atoms with Gasteiger partial charge in [-0.3, -0.25) is 9.59 Å². The topological polar surface area (TPSA) is 62.3 Å². The zero-order valence-electron chi connectivity index (χ0n) is 13.9. The van der Waals surface area contributed by atoms with Crippen LogP contribution in [0.25, 0.3) is 0 Å². The number of nitrogens with one attached hydrogen (secondary N) is 1. The predicted molar refractivity (Wildman–Crippen MR) is 95.3 cm³/mol. The van der Waals surface area contributed by atoms with Crippen molar-refractivity contribution < 1.29 is 9.59 Å². The Labute approximate surface area is 145 Å².